The Morgan fingerprint density at radius 3 is 2.38 bits per heavy atom. The van der Waals surface area contributed by atoms with Crippen LogP contribution >= 0.6 is 0 Å². The molecule has 94 valence electrons. The molecule has 2 rings (SSSR count). The zero-order valence-corrected chi connectivity index (χ0v) is 10.8. The van der Waals surface area contributed by atoms with Crippen LogP contribution in [0.1, 0.15) is 58.8 Å². The standard InChI is InChI=1S/C14H27NO/c1-11-7-8-14(10-16,9-12(11)2)15-13-5-3-4-6-13/h11-13,15-16H,3-10H2,1-2H3. The second-order valence-electron chi connectivity index (χ2n) is 6.26. The van der Waals surface area contributed by atoms with E-state index in [-0.39, 0.29) is 5.54 Å². The molecule has 0 radical (unpaired) electrons. The second kappa shape index (κ2) is 5.05. The lowest BCUT2D eigenvalue weighted by atomic mass is 9.71. The molecule has 2 fully saturated rings. The van der Waals surface area contributed by atoms with Gasteiger partial charge in [0, 0.05) is 11.6 Å². The molecule has 0 heterocycles. The van der Waals surface area contributed by atoms with Crippen molar-refractivity contribution in [2.75, 3.05) is 6.61 Å². The van der Waals surface area contributed by atoms with Gasteiger partial charge in [0.25, 0.3) is 0 Å². The summed E-state index contributed by atoms with van der Waals surface area (Å²) in [5, 5.41) is 13.5. The van der Waals surface area contributed by atoms with Crippen molar-refractivity contribution >= 4 is 0 Å². The van der Waals surface area contributed by atoms with Crippen molar-refractivity contribution < 1.29 is 5.11 Å². The van der Waals surface area contributed by atoms with Gasteiger partial charge < -0.3 is 10.4 Å². The van der Waals surface area contributed by atoms with Gasteiger partial charge >= 0.3 is 0 Å². The number of aliphatic hydroxyl groups excluding tert-OH is 1. The highest BCUT2D eigenvalue weighted by Crippen LogP contribution is 2.37. The lowest BCUT2D eigenvalue weighted by molar-refractivity contribution is 0.0670. The fourth-order valence-corrected chi connectivity index (χ4v) is 3.53. The summed E-state index contributed by atoms with van der Waals surface area (Å²) in [5.74, 6) is 1.57. The van der Waals surface area contributed by atoms with Crippen molar-refractivity contribution in [1.82, 2.24) is 5.32 Å². The van der Waals surface area contributed by atoms with Crippen molar-refractivity contribution in [3.63, 3.8) is 0 Å². The highest BCUT2D eigenvalue weighted by atomic mass is 16.3. The third kappa shape index (κ3) is 2.60. The molecular formula is C14H27NO. The predicted octanol–water partition coefficient (Wildman–Crippen LogP) is 2.71. The molecule has 2 N–H and O–H groups in total. The average molecular weight is 225 g/mol. The molecule has 0 bridgehead atoms. The van der Waals surface area contributed by atoms with Gasteiger partial charge in [0.15, 0.2) is 0 Å². The summed E-state index contributed by atoms with van der Waals surface area (Å²) in [7, 11) is 0. The summed E-state index contributed by atoms with van der Waals surface area (Å²) >= 11 is 0. The van der Waals surface area contributed by atoms with E-state index in [1.54, 1.807) is 0 Å². The van der Waals surface area contributed by atoms with E-state index < -0.39 is 0 Å². The molecule has 0 aromatic carbocycles. The maximum absolute atomic E-state index is 9.74. The Hall–Kier alpha value is -0.0800. The van der Waals surface area contributed by atoms with E-state index in [0.29, 0.717) is 12.6 Å². The van der Waals surface area contributed by atoms with Crippen LogP contribution in [0.3, 0.4) is 0 Å². The van der Waals surface area contributed by atoms with E-state index in [0.717, 1.165) is 24.7 Å². The predicted molar refractivity (Wildman–Crippen MR) is 67.4 cm³/mol. The van der Waals surface area contributed by atoms with Gasteiger partial charge in [-0.1, -0.05) is 26.7 Å². The van der Waals surface area contributed by atoms with Gasteiger partial charge in [0.1, 0.15) is 0 Å². The van der Waals surface area contributed by atoms with Crippen molar-refractivity contribution in [1.29, 1.82) is 0 Å². The van der Waals surface area contributed by atoms with E-state index in [1.165, 1.54) is 32.1 Å². The molecule has 0 saturated heterocycles. The first-order valence-corrected chi connectivity index (χ1v) is 7.04. The van der Waals surface area contributed by atoms with Gasteiger partial charge in [0.2, 0.25) is 0 Å². The molecule has 2 nitrogen and oxygen atoms in total. The Balaban J connectivity index is 1.95. The van der Waals surface area contributed by atoms with E-state index >= 15 is 0 Å². The Morgan fingerprint density at radius 1 is 1.12 bits per heavy atom. The second-order valence-corrected chi connectivity index (χ2v) is 6.26. The van der Waals surface area contributed by atoms with Crippen LogP contribution in [0.25, 0.3) is 0 Å². The molecule has 2 aliphatic carbocycles. The van der Waals surface area contributed by atoms with Crippen LogP contribution < -0.4 is 5.32 Å². The fraction of sp³-hybridized carbons (Fsp3) is 1.00. The van der Waals surface area contributed by atoms with Crippen molar-refractivity contribution in [2.45, 2.75) is 70.4 Å². The molecule has 0 aliphatic heterocycles. The summed E-state index contributed by atoms with van der Waals surface area (Å²) in [6, 6.07) is 0.674. The third-order valence-electron chi connectivity index (χ3n) is 4.93. The summed E-state index contributed by atoms with van der Waals surface area (Å²) in [6.45, 7) is 5.01. The normalized spacial score (nSPS) is 41.4. The van der Waals surface area contributed by atoms with Gasteiger partial charge in [-0.2, -0.15) is 0 Å². The van der Waals surface area contributed by atoms with E-state index in [9.17, 15) is 5.11 Å². The summed E-state index contributed by atoms with van der Waals surface area (Å²) in [5.41, 5.74) is 0.0426. The molecule has 0 amide bonds. The summed E-state index contributed by atoms with van der Waals surface area (Å²) < 4.78 is 0. The lowest BCUT2D eigenvalue weighted by Crippen LogP contribution is -2.55. The molecular weight excluding hydrogens is 198 g/mol. The molecule has 3 atom stereocenters. The van der Waals surface area contributed by atoms with Crippen molar-refractivity contribution in [3.05, 3.63) is 0 Å². The van der Waals surface area contributed by atoms with Gasteiger partial charge in [-0.05, 0) is 43.9 Å². The Bertz CT molecular complexity index is 225. The quantitative estimate of drug-likeness (QED) is 0.774. The summed E-state index contributed by atoms with van der Waals surface area (Å²) in [6.07, 6.45) is 8.93. The van der Waals surface area contributed by atoms with Crippen LogP contribution in [0.15, 0.2) is 0 Å². The van der Waals surface area contributed by atoms with Gasteiger partial charge in [0.05, 0.1) is 6.61 Å². The number of hydrogen-bond donors (Lipinski definition) is 2. The van der Waals surface area contributed by atoms with E-state index in [4.69, 9.17) is 0 Å². The number of aliphatic hydroxyl groups is 1. The van der Waals surface area contributed by atoms with Crippen LogP contribution in [0.5, 0.6) is 0 Å². The highest BCUT2D eigenvalue weighted by Gasteiger charge is 2.38. The molecule has 2 aliphatic rings. The maximum atomic E-state index is 9.74. The number of rotatable bonds is 3. The molecule has 16 heavy (non-hydrogen) atoms. The minimum atomic E-state index is 0.0426. The average Bonchev–Trinajstić information content (AvgIpc) is 2.76. The zero-order chi connectivity index (χ0) is 11.6. The summed E-state index contributed by atoms with van der Waals surface area (Å²) in [4.78, 5) is 0. The van der Waals surface area contributed by atoms with E-state index in [2.05, 4.69) is 19.2 Å². The molecule has 0 aromatic rings. The molecule has 2 heteroatoms. The van der Waals surface area contributed by atoms with Crippen LogP contribution in [-0.4, -0.2) is 23.3 Å². The highest BCUT2D eigenvalue weighted by molar-refractivity contribution is 4.96. The van der Waals surface area contributed by atoms with Crippen LogP contribution in [0.4, 0.5) is 0 Å². The van der Waals surface area contributed by atoms with Crippen LogP contribution in [-0.2, 0) is 0 Å². The minimum absolute atomic E-state index is 0.0426. The van der Waals surface area contributed by atoms with Gasteiger partial charge in [-0.25, -0.2) is 0 Å². The number of nitrogens with one attached hydrogen (secondary N) is 1. The molecule has 0 aromatic heterocycles. The van der Waals surface area contributed by atoms with Gasteiger partial charge in [-0.3, -0.25) is 0 Å². The van der Waals surface area contributed by atoms with Crippen LogP contribution in [0.2, 0.25) is 0 Å². The van der Waals surface area contributed by atoms with E-state index in [1.807, 2.05) is 0 Å². The monoisotopic (exact) mass is 225 g/mol. The first kappa shape index (κ1) is 12.4. The minimum Gasteiger partial charge on any atom is -0.394 e. The van der Waals surface area contributed by atoms with Crippen LogP contribution in [0, 0.1) is 11.8 Å². The number of hydrogen-bond acceptors (Lipinski definition) is 2. The lowest BCUT2D eigenvalue weighted by Gasteiger charge is -2.44. The Labute approximate surface area is 99.8 Å². The Kier molecular flexibility index (Phi) is 3.91. The van der Waals surface area contributed by atoms with Gasteiger partial charge in [-0.15, -0.1) is 0 Å². The first-order valence-electron chi connectivity index (χ1n) is 7.04. The molecule has 0 spiro atoms. The topological polar surface area (TPSA) is 32.3 Å². The Morgan fingerprint density at radius 2 is 1.81 bits per heavy atom. The SMILES string of the molecule is CC1CCC(CO)(NC2CCCC2)CC1C. The van der Waals surface area contributed by atoms with Crippen molar-refractivity contribution in [3.8, 4) is 0 Å². The fourth-order valence-electron chi connectivity index (χ4n) is 3.53. The molecule has 2 saturated carbocycles. The zero-order valence-electron chi connectivity index (χ0n) is 10.8. The largest absolute Gasteiger partial charge is 0.394 e. The third-order valence-corrected chi connectivity index (χ3v) is 4.93. The van der Waals surface area contributed by atoms with Crippen molar-refractivity contribution in [2.24, 2.45) is 11.8 Å². The molecule has 3 unspecified atom stereocenters. The smallest absolute Gasteiger partial charge is 0.0613 e. The first-order chi connectivity index (χ1) is 7.65. The maximum Gasteiger partial charge on any atom is 0.0613 e.